The highest BCUT2D eigenvalue weighted by Crippen LogP contribution is 2.31. The van der Waals surface area contributed by atoms with Crippen LogP contribution >= 0.6 is 0 Å². The molecule has 1 aliphatic rings. The number of hydrogen-bond donors (Lipinski definition) is 0. The first-order chi connectivity index (χ1) is 6.19. The summed E-state index contributed by atoms with van der Waals surface area (Å²) < 4.78 is 4.89. The molecule has 0 N–H and O–H groups in total. The molecule has 0 bridgehead atoms. The van der Waals surface area contributed by atoms with E-state index in [1.165, 1.54) is 0 Å². The van der Waals surface area contributed by atoms with Crippen molar-refractivity contribution in [2.24, 2.45) is 5.92 Å². The molecule has 0 fully saturated rings. The Morgan fingerprint density at radius 1 is 1.69 bits per heavy atom. The second-order valence-corrected chi connectivity index (χ2v) is 3.23. The van der Waals surface area contributed by atoms with Gasteiger partial charge in [-0.05, 0) is 26.7 Å². The Morgan fingerprint density at radius 3 is 2.85 bits per heavy atom. The molecule has 0 aromatic heterocycles. The predicted molar refractivity (Wildman–Crippen MR) is 47.7 cm³/mol. The Balaban J connectivity index is 2.55. The van der Waals surface area contributed by atoms with Crippen LogP contribution in [0.2, 0.25) is 0 Å². The van der Waals surface area contributed by atoms with Gasteiger partial charge in [0.15, 0.2) is 0 Å². The summed E-state index contributed by atoms with van der Waals surface area (Å²) >= 11 is 0. The zero-order chi connectivity index (χ0) is 9.84. The van der Waals surface area contributed by atoms with Crippen LogP contribution in [0.25, 0.3) is 0 Å². The molecule has 0 radical (unpaired) electrons. The second kappa shape index (κ2) is 4.08. The molecular formula is C10H13NO2. The molecule has 0 aromatic rings. The monoisotopic (exact) mass is 179 g/mol. The van der Waals surface area contributed by atoms with Crippen LogP contribution in [0.4, 0.5) is 0 Å². The minimum atomic E-state index is -0.174. The van der Waals surface area contributed by atoms with E-state index in [0.29, 0.717) is 19.4 Å². The molecule has 13 heavy (non-hydrogen) atoms. The van der Waals surface area contributed by atoms with Crippen LogP contribution in [0.1, 0.15) is 26.7 Å². The van der Waals surface area contributed by atoms with E-state index in [1.54, 1.807) is 6.92 Å². The largest absolute Gasteiger partial charge is 0.466 e. The number of hydrogen-bond acceptors (Lipinski definition) is 3. The van der Waals surface area contributed by atoms with E-state index in [0.717, 1.165) is 11.1 Å². The number of nitrogens with zero attached hydrogens (tertiary/aromatic N) is 1. The van der Waals surface area contributed by atoms with Crippen molar-refractivity contribution in [1.29, 1.82) is 5.26 Å². The maximum absolute atomic E-state index is 11.3. The van der Waals surface area contributed by atoms with Gasteiger partial charge in [0.05, 0.1) is 18.6 Å². The lowest BCUT2D eigenvalue weighted by atomic mass is 10.1. The van der Waals surface area contributed by atoms with Crippen LogP contribution < -0.4 is 0 Å². The number of allylic oxidation sites excluding steroid dienone is 2. The molecule has 0 amide bonds. The average molecular weight is 179 g/mol. The van der Waals surface area contributed by atoms with E-state index in [1.807, 2.05) is 6.92 Å². The molecule has 0 saturated carbocycles. The molecule has 0 aromatic carbocycles. The van der Waals surface area contributed by atoms with Crippen molar-refractivity contribution in [2.75, 3.05) is 6.61 Å². The lowest BCUT2D eigenvalue weighted by Gasteiger charge is -2.07. The number of nitriles is 1. The Bertz CT molecular complexity index is 286. The molecule has 3 heteroatoms. The topological polar surface area (TPSA) is 50.1 Å². The highest BCUT2D eigenvalue weighted by atomic mass is 16.5. The van der Waals surface area contributed by atoms with Gasteiger partial charge >= 0.3 is 5.97 Å². The number of esters is 1. The Morgan fingerprint density at radius 2 is 2.38 bits per heavy atom. The SMILES string of the molecule is CCOC(=O)C1CC(C)=C(C#N)C1. The molecular weight excluding hydrogens is 166 g/mol. The summed E-state index contributed by atoms with van der Waals surface area (Å²) in [6.07, 6.45) is 1.24. The van der Waals surface area contributed by atoms with Gasteiger partial charge in [-0.3, -0.25) is 4.79 Å². The third kappa shape index (κ3) is 2.09. The second-order valence-electron chi connectivity index (χ2n) is 3.23. The summed E-state index contributed by atoms with van der Waals surface area (Å²) in [4.78, 5) is 11.3. The lowest BCUT2D eigenvalue weighted by Crippen LogP contribution is -2.15. The maximum atomic E-state index is 11.3. The summed E-state index contributed by atoms with van der Waals surface area (Å²) in [6, 6.07) is 2.11. The van der Waals surface area contributed by atoms with Crippen LogP contribution in [0.5, 0.6) is 0 Å². The molecule has 1 unspecified atom stereocenters. The predicted octanol–water partition coefficient (Wildman–Crippen LogP) is 1.80. The van der Waals surface area contributed by atoms with Crippen molar-refractivity contribution >= 4 is 5.97 Å². The van der Waals surface area contributed by atoms with Crippen molar-refractivity contribution < 1.29 is 9.53 Å². The normalized spacial score (nSPS) is 21.5. The summed E-state index contributed by atoms with van der Waals surface area (Å²) in [5.41, 5.74) is 1.78. The molecule has 1 atom stereocenters. The summed E-state index contributed by atoms with van der Waals surface area (Å²) in [6.45, 7) is 4.10. The van der Waals surface area contributed by atoms with Gasteiger partial charge in [0.1, 0.15) is 0 Å². The van der Waals surface area contributed by atoms with Crippen molar-refractivity contribution in [3.05, 3.63) is 11.1 Å². The quantitative estimate of drug-likeness (QED) is 0.607. The van der Waals surface area contributed by atoms with Gasteiger partial charge in [0, 0.05) is 5.57 Å². The minimum Gasteiger partial charge on any atom is -0.466 e. The van der Waals surface area contributed by atoms with Gasteiger partial charge < -0.3 is 4.74 Å². The van der Waals surface area contributed by atoms with Crippen LogP contribution in [0, 0.1) is 17.2 Å². The van der Waals surface area contributed by atoms with E-state index in [2.05, 4.69) is 6.07 Å². The average Bonchev–Trinajstić information content (AvgIpc) is 2.47. The fourth-order valence-corrected chi connectivity index (χ4v) is 1.55. The van der Waals surface area contributed by atoms with Crippen molar-refractivity contribution in [3.63, 3.8) is 0 Å². The smallest absolute Gasteiger partial charge is 0.309 e. The maximum Gasteiger partial charge on any atom is 0.309 e. The molecule has 0 saturated heterocycles. The van der Waals surface area contributed by atoms with Crippen LogP contribution in [0.15, 0.2) is 11.1 Å². The fraction of sp³-hybridized carbons (Fsp3) is 0.600. The Labute approximate surface area is 78.0 Å². The molecule has 70 valence electrons. The van der Waals surface area contributed by atoms with Gasteiger partial charge in [-0.15, -0.1) is 0 Å². The minimum absolute atomic E-state index is 0.116. The number of carbonyl (C=O) groups is 1. The molecule has 0 heterocycles. The third-order valence-electron chi connectivity index (χ3n) is 2.27. The molecule has 1 rings (SSSR count). The van der Waals surface area contributed by atoms with E-state index in [4.69, 9.17) is 10.00 Å². The molecule has 0 aliphatic heterocycles. The van der Waals surface area contributed by atoms with Gasteiger partial charge in [-0.25, -0.2) is 0 Å². The first-order valence-electron chi connectivity index (χ1n) is 4.44. The standard InChI is InChI=1S/C10H13NO2/c1-3-13-10(12)8-4-7(2)9(5-8)6-11/h8H,3-5H2,1-2H3. The number of ether oxygens (including phenoxy) is 1. The fourth-order valence-electron chi connectivity index (χ4n) is 1.55. The van der Waals surface area contributed by atoms with Crippen LogP contribution in [-0.2, 0) is 9.53 Å². The van der Waals surface area contributed by atoms with E-state index in [9.17, 15) is 4.79 Å². The van der Waals surface area contributed by atoms with Crippen molar-refractivity contribution in [1.82, 2.24) is 0 Å². The molecule has 0 spiro atoms. The number of rotatable bonds is 2. The van der Waals surface area contributed by atoms with Gasteiger partial charge in [0.2, 0.25) is 0 Å². The molecule has 1 aliphatic carbocycles. The summed E-state index contributed by atoms with van der Waals surface area (Å²) in [7, 11) is 0. The summed E-state index contributed by atoms with van der Waals surface area (Å²) in [5.74, 6) is -0.290. The van der Waals surface area contributed by atoms with Gasteiger partial charge in [-0.1, -0.05) is 5.57 Å². The zero-order valence-electron chi connectivity index (χ0n) is 7.96. The van der Waals surface area contributed by atoms with E-state index >= 15 is 0 Å². The first kappa shape index (κ1) is 9.79. The lowest BCUT2D eigenvalue weighted by molar-refractivity contribution is -0.147. The van der Waals surface area contributed by atoms with E-state index < -0.39 is 0 Å². The van der Waals surface area contributed by atoms with Crippen molar-refractivity contribution in [2.45, 2.75) is 26.7 Å². The molecule has 3 nitrogen and oxygen atoms in total. The van der Waals surface area contributed by atoms with Crippen LogP contribution in [0.3, 0.4) is 0 Å². The Hall–Kier alpha value is -1.30. The Kier molecular flexibility index (Phi) is 3.07. The highest BCUT2D eigenvalue weighted by Gasteiger charge is 2.28. The highest BCUT2D eigenvalue weighted by molar-refractivity contribution is 5.74. The first-order valence-corrected chi connectivity index (χ1v) is 4.44. The number of carbonyl (C=O) groups excluding carboxylic acids is 1. The van der Waals surface area contributed by atoms with E-state index in [-0.39, 0.29) is 11.9 Å². The van der Waals surface area contributed by atoms with Gasteiger partial charge in [-0.2, -0.15) is 5.26 Å². The van der Waals surface area contributed by atoms with Crippen LogP contribution in [-0.4, -0.2) is 12.6 Å². The van der Waals surface area contributed by atoms with Crippen molar-refractivity contribution in [3.8, 4) is 6.07 Å². The van der Waals surface area contributed by atoms with Gasteiger partial charge in [0.25, 0.3) is 0 Å². The summed E-state index contributed by atoms with van der Waals surface area (Å²) in [5, 5.41) is 8.71. The third-order valence-corrected chi connectivity index (χ3v) is 2.27. The zero-order valence-corrected chi connectivity index (χ0v) is 7.96.